The van der Waals surface area contributed by atoms with Crippen LogP contribution in [0, 0.1) is 0 Å². The topological polar surface area (TPSA) is 32.3 Å². The number of fused-ring (bicyclic) bond motifs is 1. The smallest absolute Gasteiger partial charge is 0.0959 e. The summed E-state index contributed by atoms with van der Waals surface area (Å²) in [5.74, 6) is 1.31. The number of rotatable bonds is 6. The SMILES string of the molecule is O=S1CNc2ccc(CCCCN3CCC(c4ccccc4)CC3)cc21. The highest BCUT2D eigenvalue weighted by atomic mass is 32.2. The van der Waals surface area contributed by atoms with Crippen LogP contribution in [0.4, 0.5) is 5.69 Å². The van der Waals surface area contributed by atoms with Crippen molar-refractivity contribution in [2.75, 3.05) is 30.8 Å². The minimum atomic E-state index is -0.858. The summed E-state index contributed by atoms with van der Waals surface area (Å²) in [6.45, 7) is 3.66. The zero-order chi connectivity index (χ0) is 17.8. The molecule has 3 nitrogen and oxygen atoms in total. The predicted octanol–water partition coefficient (Wildman–Crippen LogP) is 4.38. The van der Waals surface area contributed by atoms with Gasteiger partial charge in [-0.05, 0) is 80.9 Å². The van der Waals surface area contributed by atoms with Crippen LogP contribution >= 0.6 is 0 Å². The van der Waals surface area contributed by atoms with E-state index in [1.54, 1.807) is 0 Å². The van der Waals surface area contributed by atoms with Gasteiger partial charge in [-0.1, -0.05) is 36.4 Å². The molecular weight excluding hydrogens is 340 g/mol. The van der Waals surface area contributed by atoms with Crippen molar-refractivity contribution in [2.24, 2.45) is 0 Å². The van der Waals surface area contributed by atoms with E-state index < -0.39 is 10.8 Å². The van der Waals surface area contributed by atoms with Crippen LogP contribution in [0.5, 0.6) is 0 Å². The Morgan fingerprint density at radius 2 is 1.85 bits per heavy atom. The van der Waals surface area contributed by atoms with Gasteiger partial charge in [0.05, 0.1) is 27.3 Å². The second-order valence-corrected chi connectivity index (χ2v) is 8.90. The monoisotopic (exact) mass is 368 g/mol. The second-order valence-electron chi connectivity index (χ2n) is 7.48. The third-order valence-electron chi connectivity index (χ3n) is 5.73. The van der Waals surface area contributed by atoms with E-state index >= 15 is 0 Å². The average molecular weight is 369 g/mol. The normalized spacial score (nSPS) is 20.7. The largest absolute Gasteiger partial charge is 0.372 e. The lowest BCUT2D eigenvalue weighted by Crippen LogP contribution is -2.33. The van der Waals surface area contributed by atoms with Gasteiger partial charge in [0, 0.05) is 0 Å². The van der Waals surface area contributed by atoms with Gasteiger partial charge >= 0.3 is 0 Å². The van der Waals surface area contributed by atoms with Gasteiger partial charge in [-0.2, -0.15) is 0 Å². The maximum atomic E-state index is 11.9. The van der Waals surface area contributed by atoms with Crippen molar-refractivity contribution in [1.82, 2.24) is 4.90 Å². The molecule has 1 fully saturated rings. The van der Waals surface area contributed by atoms with Crippen molar-refractivity contribution in [3.63, 3.8) is 0 Å². The molecule has 2 aliphatic heterocycles. The van der Waals surface area contributed by atoms with Crippen molar-refractivity contribution >= 4 is 16.5 Å². The van der Waals surface area contributed by atoms with E-state index in [9.17, 15) is 4.21 Å². The van der Waals surface area contributed by atoms with Crippen molar-refractivity contribution in [1.29, 1.82) is 0 Å². The Morgan fingerprint density at radius 3 is 2.65 bits per heavy atom. The molecule has 2 aliphatic rings. The van der Waals surface area contributed by atoms with E-state index in [-0.39, 0.29) is 0 Å². The van der Waals surface area contributed by atoms with Crippen molar-refractivity contribution in [2.45, 2.75) is 42.9 Å². The van der Waals surface area contributed by atoms with Crippen LogP contribution in [0.2, 0.25) is 0 Å². The summed E-state index contributed by atoms with van der Waals surface area (Å²) in [6, 6.07) is 17.4. The van der Waals surface area contributed by atoms with Gasteiger partial charge in [0.15, 0.2) is 0 Å². The van der Waals surface area contributed by atoms with Crippen LogP contribution in [0.1, 0.15) is 42.7 Å². The maximum Gasteiger partial charge on any atom is 0.0959 e. The average Bonchev–Trinajstić information content (AvgIpc) is 3.07. The molecule has 1 unspecified atom stereocenters. The predicted molar refractivity (Wildman–Crippen MR) is 109 cm³/mol. The standard InChI is InChI=1S/C22H28N2OS/c25-26-17-23-21-10-9-18(16-22(21)26)6-4-5-13-24-14-11-20(12-15-24)19-7-2-1-3-8-19/h1-3,7-10,16,20,23H,4-6,11-15,17H2. The van der Waals surface area contributed by atoms with E-state index in [1.807, 2.05) is 0 Å². The number of aryl methyl sites for hydroxylation is 1. The molecule has 0 aromatic heterocycles. The number of benzene rings is 2. The van der Waals surface area contributed by atoms with Gasteiger partial charge in [-0.15, -0.1) is 0 Å². The van der Waals surface area contributed by atoms with E-state index in [4.69, 9.17) is 0 Å². The summed E-state index contributed by atoms with van der Waals surface area (Å²) in [5.41, 5.74) is 3.88. The molecule has 138 valence electrons. The molecule has 2 aromatic rings. The van der Waals surface area contributed by atoms with Crippen LogP contribution in [-0.4, -0.2) is 34.6 Å². The van der Waals surface area contributed by atoms with Crippen LogP contribution in [0.3, 0.4) is 0 Å². The summed E-state index contributed by atoms with van der Waals surface area (Å²) in [5, 5.41) is 3.20. The molecule has 0 amide bonds. The number of likely N-dealkylation sites (tertiary alicyclic amines) is 1. The highest BCUT2D eigenvalue weighted by Crippen LogP contribution is 2.29. The number of hydrogen-bond acceptors (Lipinski definition) is 3. The van der Waals surface area contributed by atoms with Crippen LogP contribution < -0.4 is 5.32 Å². The third-order valence-corrected chi connectivity index (χ3v) is 6.97. The van der Waals surface area contributed by atoms with Gasteiger partial charge in [0.2, 0.25) is 0 Å². The maximum absolute atomic E-state index is 11.9. The lowest BCUT2D eigenvalue weighted by atomic mass is 9.89. The Morgan fingerprint density at radius 1 is 1.04 bits per heavy atom. The number of piperidine rings is 1. The first-order valence-corrected chi connectivity index (χ1v) is 11.1. The minimum absolute atomic E-state index is 0.567. The quantitative estimate of drug-likeness (QED) is 0.768. The Bertz CT molecular complexity index is 754. The molecule has 0 aliphatic carbocycles. The lowest BCUT2D eigenvalue weighted by molar-refractivity contribution is 0.209. The fourth-order valence-electron chi connectivity index (χ4n) is 4.16. The van der Waals surface area contributed by atoms with Crippen LogP contribution in [-0.2, 0) is 17.2 Å². The Balaban J connectivity index is 1.18. The molecule has 4 heteroatoms. The Kier molecular flexibility index (Phi) is 5.71. The number of unbranched alkanes of at least 4 members (excludes halogenated alkanes) is 1. The first-order valence-electron chi connectivity index (χ1n) is 9.82. The fraction of sp³-hybridized carbons (Fsp3) is 0.455. The molecule has 26 heavy (non-hydrogen) atoms. The number of hydrogen-bond donors (Lipinski definition) is 1. The van der Waals surface area contributed by atoms with Crippen molar-refractivity contribution in [3.05, 3.63) is 59.7 Å². The van der Waals surface area contributed by atoms with Gasteiger partial charge in [-0.25, -0.2) is 0 Å². The number of anilines is 1. The summed E-state index contributed by atoms with van der Waals surface area (Å²) in [4.78, 5) is 3.62. The first kappa shape index (κ1) is 17.7. The highest BCUT2D eigenvalue weighted by molar-refractivity contribution is 7.85. The fourth-order valence-corrected chi connectivity index (χ4v) is 5.27. The zero-order valence-electron chi connectivity index (χ0n) is 15.3. The molecule has 0 bridgehead atoms. The molecule has 1 saturated heterocycles. The molecule has 1 N–H and O–H groups in total. The highest BCUT2D eigenvalue weighted by Gasteiger charge is 2.20. The van der Waals surface area contributed by atoms with Gasteiger partial charge in [0.25, 0.3) is 0 Å². The number of nitrogens with zero attached hydrogens (tertiary/aromatic N) is 1. The Hall–Kier alpha value is -1.65. The third kappa shape index (κ3) is 4.18. The van der Waals surface area contributed by atoms with E-state index in [2.05, 4.69) is 58.7 Å². The summed E-state index contributed by atoms with van der Waals surface area (Å²) in [6.07, 6.45) is 6.11. The minimum Gasteiger partial charge on any atom is -0.372 e. The van der Waals surface area contributed by atoms with E-state index in [0.717, 1.165) is 22.9 Å². The molecule has 2 aromatic carbocycles. The first-order chi connectivity index (χ1) is 12.8. The summed E-state index contributed by atoms with van der Waals surface area (Å²) >= 11 is 0. The van der Waals surface area contributed by atoms with Crippen molar-refractivity contribution < 1.29 is 4.21 Å². The van der Waals surface area contributed by atoms with E-state index in [0.29, 0.717) is 5.88 Å². The van der Waals surface area contributed by atoms with Crippen LogP contribution in [0.25, 0.3) is 0 Å². The molecule has 0 spiro atoms. The molecule has 1 atom stereocenters. The van der Waals surface area contributed by atoms with Gasteiger partial charge in [0.1, 0.15) is 0 Å². The molecule has 2 heterocycles. The van der Waals surface area contributed by atoms with E-state index in [1.165, 1.54) is 56.4 Å². The molecular formula is C22H28N2OS. The zero-order valence-corrected chi connectivity index (χ0v) is 16.1. The number of nitrogens with one attached hydrogen (secondary N) is 1. The molecule has 0 radical (unpaired) electrons. The van der Waals surface area contributed by atoms with Crippen LogP contribution in [0.15, 0.2) is 53.4 Å². The van der Waals surface area contributed by atoms with Gasteiger partial charge < -0.3 is 10.2 Å². The molecule has 4 rings (SSSR count). The van der Waals surface area contributed by atoms with Crippen molar-refractivity contribution in [3.8, 4) is 0 Å². The lowest BCUT2D eigenvalue weighted by Gasteiger charge is -2.32. The Labute approximate surface area is 159 Å². The second kappa shape index (κ2) is 8.36. The summed E-state index contributed by atoms with van der Waals surface area (Å²) in [7, 11) is -0.858. The van der Waals surface area contributed by atoms with Gasteiger partial charge in [-0.3, -0.25) is 4.21 Å². The molecule has 0 saturated carbocycles. The summed E-state index contributed by atoms with van der Waals surface area (Å²) < 4.78 is 11.9.